The number of ether oxygens (including phenoxy) is 2. The van der Waals surface area contributed by atoms with Crippen LogP contribution in [0, 0.1) is 13.8 Å². The Morgan fingerprint density at radius 1 is 1.14 bits per heavy atom. The number of amides is 1. The van der Waals surface area contributed by atoms with E-state index in [-0.39, 0.29) is 5.91 Å². The van der Waals surface area contributed by atoms with Gasteiger partial charge in [-0.1, -0.05) is 11.8 Å². The monoisotopic (exact) mass is 399 g/mol. The Labute approximate surface area is 169 Å². The van der Waals surface area contributed by atoms with E-state index in [1.54, 1.807) is 0 Å². The van der Waals surface area contributed by atoms with Crippen molar-refractivity contribution in [3.63, 3.8) is 0 Å². The van der Waals surface area contributed by atoms with E-state index in [0.717, 1.165) is 59.2 Å². The summed E-state index contributed by atoms with van der Waals surface area (Å²) >= 11 is 1.52. The Morgan fingerprint density at radius 3 is 2.50 bits per heavy atom. The zero-order chi connectivity index (χ0) is 19.7. The SMILES string of the molecule is CSc1nc(C)c(CCC(=O)Nc2ccc3c(c2)OC2(CCCC2)O3)c(C)n1. The van der Waals surface area contributed by atoms with Crippen molar-refractivity contribution in [2.24, 2.45) is 0 Å². The number of hydrogen-bond acceptors (Lipinski definition) is 6. The molecule has 148 valence electrons. The third-order valence-corrected chi connectivity index (χ3v) is 5.92. The lowest BCUT2D eigenvalue weighted by Crippen LogP contribution is -2.34. The van der Waals surface area contributed by atoms with Crippen LogP contribution in [-0.4, -0.2) is 27.9 Å². The summed E-state index contributed by atoms with van der Waals surface area (Å²) in [7, 11) is 0. The maximum absolute atomic E-state index is 12.5. The number of benzene rings is 1. The quantitative estimate of drug-likeness (QED) is 0.592. The molecule has 0 bridgehead atoms. The van der Waals surface area contributed by atoms with E-state index in [4.69, 9.17) is 9.47 Å². The van der Waals surface area contributed by atoms with Crippen LogP contribution >= 0.6 is 11.8 Å². The first kappa shape index (κ1) is 19.1. The van der Waals surface area contributed by atoms with Gasteiger partial charge in [0.2, 0.25) is 5.91 Å². The van der Waals surface area contributed by atoms with Gasteiger partial charge in [-0.25, -0.2) is 9.97 Å². The number of carbonyl (C=O) groups is 1. The van der Waals surface area contributed by atoms with Gasteiger partial charge < -0.3 is 14.8 Å². The van der Waals surface area contributed by atoms with Crippen molar-refractivity contribution in [2.75, 3.05) is 11.6 Å². The molecule has 1 fully saturated rings. The van der Waals surface area contributed by atoms with Crippen LogP contribution in [0.5, 0.6) is 11.5 Å². The summed E-state index contributed by atoms with van der Waals surface area (Å²) in [5, 5.41) is 3.73. The molecule has 0 atom stereocenters. The standard InChI is InChI=1S/C21H25N3O3S/c1-13-16(14(2)23-20(22-13)28-3)7-9-19(25)24-15-6-8-17-18(12-15)27-21(26-17)10-4-5-11-21/h6,8,12H,4-5,7,9-11H2,1-3H3,(H,24,25). The number of aromatic nitrogens is 2. The summed E-state index contributed by atoms with van der Waals surface area (Å²) in [4.78, 5) is 21.4. The zero-order valence-corrected chi connectivity index (χ0v) is 17.3. The van der Waals surface area contributed by atoms with Gasteiger partial charge in [-0.05, 0) is 57.1 Å². The van der Waals surface area contributed by atoms with Gasteiger partial charge in [0.25, 0.3) is 5.79 Å². The number of nitrogens with one attached hydrogen (secondary N) is 1. The van der Waals surface area contributed by atoms with Crippen molar-refractivity contribution >= 4 is 23.4 Å². The van der Waals surface area contributed by atoms with Crippen LogP contribution in [-0.2, 0) is 11.2 Å². The van der Waals surface area contributed by atoms with E-state index in [2.05, 4.69) is 15.3 Å². The van der Waals surface area contributed by atoms with Crippen molar-refractivity contribution in [3.8, 4) is 11.5 Å². The van der Waals surface area contributed by atoms with Gasteiger partial charge >= 0.3 is 0 Å². The average Bonchev–Trinajstić information content (AvgIpc) is 3.26. The first-order valence-electron chi connectivity index (χ1n) is 9.68. The van der Waals surface area contributed by atoms with Gasteiger partial charge in [0.05, 0.1) is 0 Å². The highest BCUT2D eigenvalue weighted by atomic mass is 32.2. The topological polar surface area (TPSA) is 73.3 Å². The normalized spacial score (nSPS) is 16.5. The molecule has 0 unspecified atom stereocenters. The van der Waals surface area contributed by atoms with E-state index < -0.39 is 5.79 Å². The molecule has 1 aliphatic carbocycles. The van der Waals surface area contributed by atoms with Crippen LogP contribution in [0.3, 0.4) is 0 Å². The Morgan fingerprint density at radius 2 is 1.82 bits per heavy atom. The summed E-state index contributed by atoms with van der Waals surface area (Å²) in [6.07, 6.45) is 7.03. The predicted molar refractivity (Wildman–Crippen MR) is 109 cm³/mol. The molecule has 2 aliphatic rings. The zero-order valence-electron chi connectivity index (χ0n) is 16.5. The summed E-state index contributed by atoms with van der Waals surface area (Å²) in [6.45, 7) is 3.94. The molecule has 1 spiro atoms. The van der Waals surface area contributed by atoms with Crippen molar-refractivity contribution in [1.82, 2.24) is 9.97 Å². The number of fused-ring (bicyclic) bond motifs is 1. The van der Waals surface area contributed by atoms with Crippen molar-refractivity contribution in [3.05, 3.63) is 35.2 Å². The number of hydrogen-bond donors (Lipinski definition) is 1. The molecule has 2 heterocycles. The first-order chi connectivity index (χ1) is 13.5. The van der Waals surface area contributed by atoms with Crippen LogP contribution in [0.15, 0.2) is 23.4 Å². The van der Waals surface area contributed by atoms with E-state index in [0.29, 0.717) is 18.6 Å². The molecule has 1 aliphatic heterocycles. The van der Waals surface area contributed by atoms with E-state index in [1.165, 1.54) is 11.8 Å². The van der Waals surface area contributed by atoms with Crippen molar-refractivity contribution < 1.29 is 14.3 Å². The molecule has 1 aromatic carbocycles. The summed E-state index contributed by atoms with van der Waals surface area (Å²) in [5.74, 6) is 0.954. The maximum atomic E-state index is 12.5. The Balaban J connectivity index is 1.38. The lowest BCUT2D eigenvalue weighted by Gasteiger charge is -2.21. The molecule has 1 aromatic heterocycles. The first-order valence-corrected chi connectivity index (χ1v) is 10.9. The van der Waals surface area contributed by atoms with Gasteiger partial charge in [0.15, 0.2) is 16.7 Å². The third kappa shape index (κ3) is 3.81. The minimum atomic E-state index is -0.483. The summed E-state index contributed by atoms with van der Waals surface area (Å²) < 4.78 is 12.1. The van der Waals surface area contributed by atoms with Crippen LogP contribution < -0.4 is 14.8 Å². The molecule has 0 radical (unpaired) electrons. The van der Waals surface area contributed by atoms with Gasteiger partial charge in [0, 0.05) is 42.4 Å². The third-order valence-electron chi connectivity index (χ3n) is 5.37. The predicted octanol–water partition coefficient (Wildman–Crippen LogP) is 4.43. The second kappa shape index (κ2) is 7.62. The second-order valence-electron chi connectivity index (χ2n) is 7.39. The number of rotatable bonds is 5. The fourth-order valence-corrected chi connectivity index (χ4v) is 4.37. The minimum Gasteiger partial charge on any atom is -0.448 e. The molecule has 1 amide bonds. The molecular weight excluding hydrogens is 374 g/mol. The van der Waals surface area contributed by atoms with Gasteiger partial charge in [-0.3, -0.25) is 4.79 Å². The second-order valence-corrected chi connectivity index (χ2v) is 8.16. The lowest BCUT2D eigenvalue weighted by atomic mass is 10.1. The Kier molecular flexibility index (Phi) is 5.19. The minimum absolute atomic E-state index is 0.0396. The fraction of sp³-hybridized carbons (Fsp3) is 0.476. The van der Waals surface area contributed by atoms with Crippen LogP contribution in [0.25, 0.3) is 0 Å². The smallest absolute Gasteiger partial charge is 0.251 e. The molecular formula is C21H25N3O3S. The number of thioether (sulfide) groups is 1. The summed E-state index contributed by atoms with van der Waals surface area (Å²) in [5.41, 5.74) is 3.65. The van der Waals surface area contributed by atoms with Gasteiger partial charge in [-0.15, -0.1) is 0 Å². The van der Waals surface area contributed by atoms with E-state index >= 15 is 0 Å². The molecule has 2 aromatic rings. The Hall–Kier alpha value is -2.28. The summed E-state index contributed by atoms with van der Waals surface area (Å²) in [6, 6.07) is 5.59. The van der Waals surface area contributed by atoms with Crippen LogP contribution in [0.4, 0.5) is 5.69 Å². The van der Waals surface area contributed by atoms with E-state index in [9.17, 15) is 4.79 Å². The molecule has 4 rings (SSSR count). The highest BCUT2D eigenvalue weighted by Gasteiger charge is 2.44. The average molecular weight is 400 g/mol. The molecule has 28 heavy (non-hydrogen) atoms. The Bertz CT molecular complexity index is 887. The van der Waals surface area contributed by atoms with Crippen LogP contribution in [0.1, 0.15) is 49.1 Å². The lowest BCUT2D eigenvalue weighted by molar-refractivity contribution is -0.116. The van der Waals surface area contributed by atoms with Crippen LogP contribution in [0.2, 0.25) is 0 Å². The van der Waals surface area contributed by atoms with E-state index in [1.807, 2.05) is 38.3 Å². The van der Waals surface area contributed by atoms with Gasteiger partial charge in [0.1, 0.15) is 0 Å². The highest BCUT2D eigenvalue weighted by molar-refractivity contribution is 7.98. The number of aryl methyl sites for hydroxylation is 2. The molecule has 0 saturated heterocycles. The highest BCUT2D eigenvalue weighted by Crippen LogP contribution is 2.47. The maximum Gasteiger partial charge on any atom is 0.251 e. The van der Waals surface area contributed by atoms with Gasteiger partial charge in [-0.2, -0.15) is 0 Å². The van der Waals surface area contributed by atoms with Crippen molar-refractivity contribution in [2.45, 2.75) is 63.3 Å². The number of anilines is 1. The fourth-order valence-electron chi connectivity index (χ4n) is 3.91. The largest absolute Gasteiger partial charge is 0.448 e. The number of nitrogens with zero attached hydrogens (tertiary/aromatic N) is 2. The molecule has 1 N–H and O–H groups in total. The molecule has 7 heteroatoms. The molecule has 6 nitrogen and oxygen atoms in total. The van der Waals surface area contributed by atoms with Crippen molar-refractivity contribution in [1.29, 1.82) is 0 Å². The molecule has 1 saturated carbocycles. The number of carbonyl (C=O) groups excluding carboxylic acids is 1.